The fraction of sp³-hybridized carbons (Fsp3) is 0.350. The summed E-state index contributed by atoms with van der Waals surface area (Å²) >= 11 is 1.63. The highest BCUT2D eigenvalue weighted by atomic mass is 32.2. The van der Waals surface area contributed by atoms with Gasteiger partial charge in [0.2, 0.25) is 0 Å². The van der Waals surface area contributed by atoms with Gasteiger partial charge < -0.3 is 9.64 Å². The highest BCUT2D eigenvalue weighted by molar-refractivity contribution is 7.99. The molecule has 1 fully saturated rings. The third-order valence-corrected chi connectivity index (χ3v) is 5.66. The fourth-order valence-electron chi connectivity index (χ4n) is 3.51. The number of aromatic nitrogens is 1. The van der Waals surface area contributed by atoms with Gasteiger partial charge in [-0.2, -0.15) is 0 Å². The summed E-state index contributed by atoms with van der Waals surface area (Å²) < 4.78 is 20.1. The van der Waals surface area contributed by atoms with Gasteiger partial charge in [0.05, 0.1) is 11.2 Å². The lowest BCUT2D eigenvalue weighted by atomic mass is 10.1. The van der Waals surface area contributed by atoms with Crippen molar-refractivity contribution in [3.05, 3.63) is 47.4 Å². The molecule has 5 nitrogen and oxygen atoms in total. The molecule has 2 aromatic rings. The molecule has 1 saturated heterocycles. The molecule has 4 rings (SSSR count). The number of hydrogen-bond acceptors (Lipinski definition) is 5. The van der Waals surface area contributed by atoms with Gasteiger partial charge in [-0.1, -0.05) is 6.92 Å². The summed E-state index contributed by atoms with van der Waals surface area (Å²) in [4.78, 5) is 30.5. The van der Waals surface area contributed by atoms with Gasteiger partial charge in [0, 0.05) is 30.6 Å². The van der Waals surface area contributed by atoms with E-state index in [-0.39, 0.29) is 11.7 Å². The standard InChI is InChI=1S/C20H19FN2O3S/c1-2-27-19-6-3-13(11-22-19)26-18-7-8-23(20(18)25)12-9-15-14(16(21)10-12)4-5-17(15)24/h3,6,9-11,18H,2,4-5,7-8H2,1H3/t18-/m1/s1. The van der Waals surface area contributed by atoms with Crippen LogP contribution in [0.3, 0.4) is 0 Å². The van der Waals surface area contributed by atoms with Gasteiger partial charge in [-0.25, -0.2) is 9.37 Å². The average Bonchev–Trinajstić information content (AvgIpc) is 3.21. The van der Waals surface area contributed by atoms with E-state index in [0.717, 1.165) is 10.8 Å². The number of thioether (sulfide) groups is 1. The number of hydrogen-bond donors (Lipinski definition) is 0. The molecule has 1 aliphatic heterocycles. The van der Waals surface area contributed by atoms with Crippen LogP contribution >= 0.6 is 11.8 Å². The maximum atomic E-state index is 14.3. The minimum atomic E-state index is -0.636. The molecule has 0 unspecified atom stereocenters. The van der Waals surface area contributed by atoms with Gasteiger partial charge in [0.1, 0.15) is 11.6 Å². The second-order valence-electron chi connectivity index (χ2n) is 6.53. The second kappa shape index (κ2) is 7.31. The van der Waals surface area contributed by atoms with Crippen molar-refractivity contribution in [1.82, 2.24) is 4.98 Å². The summed E-state index contributed by atoms with van der Waals surface area (Å²) in [5.74, 6) is 0.751. The number of benzene rings is 1. The lowest BCUT2D eigenvalue weighted by Crippen LogP contribution is -2.32. The molecule has 0 N–H and O–H groups in total. The summed E-state index contributed by atoms with van der Waals surface area (Å²) in [6, 6.07) is 6.64. The molecule has 1 aromatic heterocycles. The van der Waals surface area contributed by atoms with Gasteiger partial charge in [0.25, 0.3) is 5.91 Å². The van der Waals surface area contributed by atoms with E-state index in [1.54, 1.807) is 30.1 Å². The Morgan fingerprint density at radius 1 is 1.30 bits per heavy atom. The van der Waals surface area contributed by atoms with Crippen LogP contribution in [0.4, 0.5) is 10.1 Å². The van der Waals surface area contributed by atoms with Crippen LogP contribution in [-0.4, -0.2) is 35.1 Å². The highest BCUT2D eigenvalue weighted by Crippen LogP contribution is 2.32. The van der Waals surface area contributed by atoms with Crippen molar-refractivity contribution in [1.29, 1.82) is 0 Å². The number of rotatable bonds is 5. The zero-order valence-corrected chi connectivity index (χ0v) is 15.7. The molecule has 1 amide bonds. The molecule has 1 atom stereocenters. The van der Waals surface area contributed by atoms with Crippen molar-refractivity contribution in [3.63, 3.8) is 0 Å². The molecule has 2 aliphatic rings. The van der Waals surface area contributed by atoms with E-state index in [1.807, 2.05) is 6.07 Å². The molecule has 1 aliphatic carbocycles. The van der Waals surface area contributed by atoms with Crippen LogP contribution in [0.5, 0.6) is 5.75 Å². The van der Waals surface area contributed by atoms with E-state index in [9.17, 15) is 14.0 Å². The number of anilines is 1. The summed E-state index contributed by atoms with van der Waals surface area (Å²) in [7, 11) is 0. The largest absolute Gasteiger partial charge is 0.479 e. The highest BCUT2D eigenvalue weighted by Gasteiger charge is 2.36. The van der Waals surface area contributed by atoms with Crippen LogP contribution in [-0.2, 0) is 11.2 Å². The van der Waals surface area contributed by atoms with Crippen molar-refractivity contribution in [3.8, 4) is 5.75 Å². The molecule has 0 radical (unpaired) electrons. The normalized spacial score (nSPS) is 18.9. The Morgan fingerprint density at radius 3 is 2.89 bits per heavy atom. The van der Waals surface area contributed by atoms with Gasteiger partial charge in [-0.15, -0.1) is 11.8 Å². The van der Waals surface area contributed by atoms with Crippen LogP contribution in [0, 0.1) is 5.82 Å². The second-order valence-corrected chi connectivity index (χ2v) is 7.81. The van der Waals surface area contributed by atoms with E-state index >= 15 is 0 Å². The van der Waals surface area contributed by atoms with E-state index in [4.69, 9.17) is 4.74 Å². The number of carbonyl (C=O) groups is 2. The lowest BCUT2D eigenvalue weighted by Gasteiger charge is -2.18. The van der Waals surface area contributed by atoms with Crippen LogP contribution in [0.25, 0.3) is 0 Å². The SMILES string of the molecule is CCSc1ccc(O[C@@H]2CCN(c3cc(F)c4c(c3)C(=O)CC4)C2=O)cn1. The molecule has 1 aromatic carbocycles. The number of ketones is 1. The molecule has 0 saturated carbocycles. The molecule has 140 valence electrons. The first kappa shape index (κ1) is 18.0. The third-order valence-electron chi connectivity index (χ3n) is 4.83. The van der Waals surface area contributed by atoms with Crippen LogP contribution in [0.1, 0.15) is 35.7 Å². The fourth-order valence-corrected chi connectivity index (χ4v) is 4.09. The Balaban J connectivity index is 1.50. The van der Waals surface area contributed by atoms with Crippen molar-refractivity contribution in [2.24, 2.45) is 0 Å². The minimum Gasteiger partial charge on any atom is -0.479 e. The average molecular weight is 386 g/mol. The summed E-state index contributed by atoms with van der Waals surface area (Å²) in [6.07, 6.45) is 2.23. The first-order valence-corrected chi connectivity index (χ1v) is 9.98. The predicted octanol–water partition coefficient (Wildman–Crippen LogP) is 3.65. The zero-order valence-electron chi connectivity index (χ0n) is 14.9. The number of pyridine rings is 1. The number of halogens is 1. The molecule has 7 heteroatoms. The van der Waals surface area contributed by atoms with Gasteiger partial charge >= 0.3 is 0 Å². The van der Waals surface area contributed by atoms with Crippen molar-refractivity contribution < 1.29 is 18.7 Å². The first-order chi connectivity index (χ1) is 13.1. The number of ether oxygens (including phenoxy) is 1. The Hall–Kier alpha value is -2.41. The Bertz CT molecular complexity index is 901. The van der Waals surface area contributed by atoms with E-state index < -0.39 is 11.9 Å². The van der Waals surface area contributed by atoms with Gasteiger partial charge in [0.15, 0.2) is 11.9 Å². The zero-order chi connectivity index (χ0) is 19.0. The smallest absolute Gasteiger partial charge is 0.268 e. The third kappa shape index (κ3) is 3.43. The predicted molar refractivity (Wildman–Crippen MR) is 101 cm³/mol. The lowest BCUT2D eigenvalue weighted by molar-refractivity contribution is -0.122. The molecular weight excluding hydrogens is 367 g/mol. The number of fused-ring (bicyclic) bond motifs is 1. The number of carbonyl (C=O) groups excluding carboxylic acids is 2. The molecule has 27 heavy (non-hydrogen) atoms. The molecule has 0 bridgehead atoms. The van der Waals surface area contributed by atoms with Gasteiger partial charge in [-0.3, -0.25) is 9.59 Å². The number of Topliss-reactive ketones (excluding diaryl/α,β-unsaturated/α-hetero) is 1. The summed E-state index contributed by atoms with van der Waals surface area (Å²) in [5.41, 5.74) is 1.28. The Morgan fingerprint density at radius 2 is 2.15 bits per heavy atom. The van der Waals surface area contributed by atoms with Crippen LogP contribution < -0.4 is 9.64 Å². The molecule has 0 spiro atoms. The first-order valence-electron chi connectivity index (χ1n) is 8.99. The minimum absolute atomic E-state index is 0.0682. The van der Waals surface area contributed by atoms with Crippen LogP contribution in [0.2, 0.25) is 0 Å². The monoisotopic (exact) mass is 386 g/mol. The molecule has 2 heterocycles. The van der Waals surface area contributed by atoms with Crippen molar-refractivity contribution in [2.75, 3.05) is 17.2 Å². The molecular formula is C20H19FN2O3S. The van der Waals surface area contributed by atoms with E-state index in [1.165, 1.54) is 11.0 Å². The van der Waals surface area contributed by atoms with Gasteiger partial charge in [-0.05, 0) is 42.0 Å². The van der Waals surface area contributed by atoms with E-state index in [0.29, 0.717) is 48.4 Å². The quantitative estimate of drug-likeness (QED) is 0.734. The Labute approximate surface area is 160 Å². The van der Waals surface area contributed by atoms with E-state index in [2.05, 4.69) is 11.9 Å². The Kier molecular flexibility index (Phi) is 4.86. The maximum absolute atomic E-state index is 14.3. The number of amides is 1. The summed E-state index contributed by atoms with van der Waals surface area (Å²) in [6.45, 7) is 2.48. The van der Waals surface area contributed by atoms with Crippen molar-refractivity contribution >= 4 is 29.1 Å². The maximum Gasteiger partial charge on any atom is 0.268 e. The summed E-state index contributed by atoms with van der Waals surface area (Å²) in [5, 5.41) is 0.905. The topological polar surface area (TPSA) is 59.5 Å². The van der Waals surface area contributed by atoms with Crippen LogP contribution in [0.15, 0.2) is 35.5 Å². The number of nitrogens with zero attached hydrogens (tertiary/aromatic N) is 2. The van der Waals surface area contributed by atoms with Crippen molar-refractivity contribution in [2.45, 2.75) is 37.3 Å².